The van der Waals surface area contributed by atoms with Crippen LogP contribution < -0.4 is 5.46 Å². The van der Waals surface area contributed by atoms with Gasteiger partial charge in [-0.2, -0.15) is 11.8 Å². The second kappa shape index (κ2) is 6.28. The van der Waals surface area contributed by atoms with Crippen molar-refractivity contribution in [3.8, 4) is 0 Å². The summed E-state index contributed by atoms with van der Waals surface area (Å²) < 4.78 is 12.9. The van der Waals surface area contributed by atoms with E-state index < -0.39 is 12.9 Å². The van der Waals surface area contributed by atoms with Gasteiger partial charge in [0, 0.05) is 11.0 Å². The molecule has 0 heterocycles. The molecule has 0 saturated carbocycles. The third kappa shape index (κ3) is 3.81. The van der Waals surface area contributed by atoms with Crippen molar-refractivity contribution in [3.63, 3.8) is 0 Å². The Kier molecular flexibility index (Phi) is 5.32. The fourth-order valence-corrected chi connectivity index (χ4v) is 2.25. The van der Waals surface area contributed by atoms with Crippen LogP contribution in [0.3, 0.4) is 0 Å². The van der Waals surface area contributed by atoms with Gasteiger partial charge in [0.2, 0.25) is 0 Å². The lowest BCUT2D eigenvalue weighted by atomic mass is 9.77. The van der Waals surface area contributed by atoms with Crippen molar-refractivity contribution in [2.75, 3.05) is 0 Å². The quantitative estimate of drug-likeness (QED) is 0.769. The third-order valence-corrected chi connectivity index (χ3v) is 3.86. The van der Waals surface area contributed by atoms with E-state index in [1.54, 1.807) is 17.8 Å². The molecule has 0 bridgehead atoms. The molecule has 0 aromatic heterocycles. The van der Waals surface area contributed by atoms with Gasteiger partial charge in [0.25, 0.3) is 0 Å². The molecular formula is C11H16BFO2S. The Balaban J connectivity index is 2.78. The molecule has 0 radical (unpaired) electrons. The highest BCUT2D eigenvalue weighted by molar-refractivity contribution is 7.99. The van der Waals surface area contributed by atoms with Crippen LogP contribution in [-0.2, 0) is 5.75 Å². The fourth-order valence-electron chi connectivity index (χ4n) is 1.29. The molecule has 0 spiro atoms. The molecule has 1 aromatic rings. The minimum atomic E-state index is -1.61. The molecule has 1 aromatic carbocycles. The van der Waals surface area contributed by atoms with Crippen molar-refractivity contribution < 1.29 is 14.4 Å². The first kappa shape index (κ1) is 13.5. The van der Waals surface area contributed by atoms with E-state index in [1.165, 1.54) is 12.1 Å². The predicted molar refractivity (Wildman–Crippen MR) is 67.3 cm³/mol. The third-order valence-electron chi connectivity index (χ3n) is 2.48. The van der Waals surface area contributed by atoms with Crippen LogP contribution in [0.1, 0.15) is 25.8 Å². The summed E-state index contributed by atoms with van der Waals surface area (Å²) in [6, 6.07) is 4.13. The van der Waals surface area contributed by atoms with Crippen molar-refractivity contribution in [3.05, 3.63) is 29.6 Å². The Labute approximate surface area is 100 Å². The van der Waals surface area contributed by atoms with Crippen molar-refractivity contribution in [1.82, 2.24) is 0 Å². The maximum absolute atomic E-state index is 12.9. The average Bonchev–Trinajstić information content (AvgIpc) is 2.26. The van der Waals surface area contributed by atoms with E-state index in [2.05, 4.69) is 13.8 Å². The van der Waals surface area contributed by atoms with Gasteiger partial charge in [-0.1, -0.05) is 19.9 Å². The highest BCUT2D eigenvalue weighted by Crippen LogP contribution is 2.19. The molecule has 0 aliphatic rings. The molecule has 5 heteroatoms. The summed E-state index contributed by atoms with van der Waals surface area (Å²) in [5, 5.41) is 18.8. The zero-order valence-electron chi connectivity index (χ0n) is 9.48. The molecular weight excluding hydrogens is 226 g/mol. The van der Waals surface area contributed by atoms with Gasteiger partial charge in [-0.15, -0.1) is 0 Å². The van der Waals surface area contributed by atoms with E-state index in [0.717, 1.165) is 12.0 Å². The van der Waals surface area contributed by atoms with E-state index in [4.69, 9.17) is 10.0 Å². The molecule has 0 aliphatic heterocycles. The summed E-state index contributed by atoms with van der Waals surface area (Å²) >= 11 is 1.72. The molecule has 2 nitrogen and oxygen atoms in total. The number of thioether (sulfide) groups is 1. The Hall–Kier alpha value is -0.515. The van der Waals surface area contributed by atoms with E-state index in [-0.39, 0.29) is 5.46 Å². The van der Waals surface area contributed by atoms with Gasteiger partial charge in [0.15, 0.2) is 0 Å². The monoisotopic (exact) mass is 242 g/mol. The van der Waals surface area contributed by atoms with Crippen molar-refractivity contribution >= 4 is 24.3 Å². The summed E-state index contributed by atoms with van der Waals surface area (Å²) in [7, 11) is -1.61. The van der Waals surface area contributed by atoms with Gasteiger partial charge >= 0.3 is 7.12 Å². The molecule has 88 valence electrons. The lowest BCUT2D eigenvalue weighted by Gasteiger charge is -2.11. The summed E-state index contributed by atoms with van der Waals surface area (Å²) in [5.74, 6) is 0.225. The van der Waals surface area contributed by atoms with Crippen molar-refractivity contribution in [2.45, 2.75) is 31.3 Å². The lowest BCUT2D eigenvalue weighted by Crippen LogP contribution is -2.33. The molecule has 1 unspecified atom stereocenters. The highest BCUT2D eigenvalue weighted by atomic mass is 32.2. The second-order valence-corrected chi connectivity index (χ2v) is 5.17. The van der Waals surface area contributed by atoms with E-state index in [0.29, 0.717) is 11.0 Å². The zero-order chi connectivity index (χ0) is 12.1. The van der Waals surface area contributed by atoms with Crippen LogP contribution in [0.5, 0.6) is 0 Å². The molecule has 2 N–H and O–H groups in total. The first-order chi connectivity index (χ1) is 7.54. The SMILES string of the molecule is CCC(C)SCc1ccc(F)cc1B(O)O. The smallest absolute Gasteiger partial charge is 0.423 e. The minimum Gasteiger partial charge on any atom is -0.423 e. The molecule has 0 fully saturated rings. The number of benzene rings is 1. The minimum absolute atomic E-state index is 0.260. The van der Waals surface area contributed by atoms with Crippen LogP contribution in [0.15, 0.2) is 18.2 Å². The van der Waals surface area contributed by atoms with Gasteiger partial charge < -0.3 is 10.0 Å². The van der Waals surface area contributed by atoms with Crippen molar-refractivity contribution in [2.24, 2.45) is 0 Å². The van der Waals surface area contributed by atoms with Gasteiger partial charge in [0.1, 0.15) is 5.82 Å². The summed E-state index contributed by atoms with van der Waals surface area (Å²) in [4.78, 5) is 0. The Morgan fingerprint density at radius 1 is 1.44 bits per heavy atom. The zero-order valence-corrected chi connectivity index (χ0v) is 10.3. The maximum Gasteiger partial charge on any atom is 0.488 e. The average molecular weight is 242 g/mol. The largest absolute Gasteiger partial charge is 0.488 e. The topological polar surface area (TPSA) is 40.5 Å². The number of hydrogen-bond donors (Lipinski definition) is 2. The van der Waals surface area contributed by atoms with Crippen LogP contribution in [0, 0.1) is 5.82 Å². The van der Waals surface area contributed by atoms with Crippen LogP contribution >= 0.6 is 11.8 Å². The van der Waals surface area contributed by atoms with E-state index >= 15 is 0 Å². The molecule has 16 heavy (non-hydrogen) atoms. The highest BCUT2D eigenvalue weighted by Gasteiger charge is 2.17. The standard InChI is InChI=1S/C11H16BFO2S/c1-3-8(2)16-7-9-4-5-10(13)6-11(9)12(14)15/h4-6,8,14-15H,3,7H2,1-2H3. The molecule has 1 rings (SSSR count). The summed E-state index contributed by atoms with van der Waals surface area (Å²) in [5.41, 5.74) is 1.04. The van der Waals surface area contributed by atoms with Crippen molar-refractivity contribution in [1.29, 1.82) is 0 Å². The Morgan fingerprint density at radius 2 is 2.12 bits per heavy atom. The van der Waals surface area contributed by atoms with Crippen LogP contribution in [0.25, 0.3) is 0 Å². The Morgan fingerprint density at radius 3 is 2.69 bits per heavy atom. The summed E-state index contributed by atoms with van der Waals surface area (Å²) in [6.45, 7) is 4.22. The molecule has 0 aliphatic carbocycles. The number of rotatable bonds is 5. The van der Waals surface area contributed by atoms with Crippen LogP contribution in [0.2, 0.25) is 0 Å². The lowest BCUT2D eigenvalue weighted by molar-refractivity contribution is 0.425. The van der Waals surface area contributed by atoms with Gasteiger partial charge in [-0.25, -0.2) is 4.39 Å². The van der Waals surface area contributed by atoms with E-state index in [1.807, 2.05) is 0 Å². The predicted octanol–water partition coefficient (Wildman–Crippen LogP) is 1.54. The fraction of sp³-hybridized carbons (Fsp3) is 0.455. The summed E-state index contributed by atoms with van der Waals surface area (Å²) in [6.07, 6.45) is 1.06. The Bertz CT molecular complexity index is 347. The van der Waals surface area contributed by atoms with Gasteiger partial charge in [-0.05, 0) is 29.6 Å². The van der Waals surface area contributed by atoms with Crippen LogP contribution in [0.4, 0.5) is 4.39 Å². The van der Waals surface area contributed by atoms with Gasteiger partial charge in [0.05, 0.1) is 0 Å². The van der Waals surface area contributed by atoms with Crippen LogP contribution in [-0.4, -0.2) is 22.4 Å². The van der Waals surface area contributed by atoms with Gasteiger partial charge in [-0.3, -0.25) is 0 Å². The van der Waals surface area contributed by atoms with E-state index in [9.17, 15) is 4.39 Å². The molecule has 0 amide bonds. The first-order valence-electron chi connectivity index (χ1n) is 5.30. The molecule has 0 saturated heterocycles. The second-order valence-electron chi connectivity index (χ2n) is 3.75. The number of halogens is 1. The first-order valence-corrected chi connectivity index (χ1v) is 6.35. The number of hydrogen-bond acceptors (Lipinski definition) is 3. The normalized spacial score (nSPS) is 12.6. The maximum atomic E-state index is 12.9. The molecule has 1 atom stereocenters.